The first-order valence-corrected chi connectivity index (χ1v) is 6.30. The van der Waals surface area contributed by atoms with Gasteiger partial charge in [-0.3, -0.25) is 4.57 Å². The van der Waals surface area contributed by atoms with Crippen LogP contribution in [0.2, 0.25) is 0 Å². The Morgan fingerprint density at radius 1 is 1.21 bits per heavy atom. The van der Waals surface area contributed by atoms with E-state index >= 15 is 0 Å². The zero-order valence-corrected chi connectivity index (χ0v) is 11.0. The first-order chi connectivity index (χ1) is 9.28. The summed E-state index contributed by atoms with van der Waals surface area (Å²) in [5.41, 5.74) is 2.01. The number of hydrogen-bond acceptors (Lipinski definition) is 4. The van der Waals surface area contributed by atoms with Gasteiger partial charge in [-0.05, 0) is 26.0 Å². The van der Waals surface area contributed by atoms with Gasteiger partial charge in [0.25, 0.3) is 0 Å². The average Bonchev–Trinajstić information content (AvgIpc) is 2.82. The summed E-state index contributed by atoms with van der Waals surface area (Å²) in [6, 6.07) is 9.94. The highest BCUT2D eigenvalue weighted by Gasteiger charge is 2.07. The number of anilines is 1. The van der Waals surface area contributed by atoms with Gasteiger partial charge < -0.3 is 5.32 Å². The van der Waals surface area contributed by atoms with Gasteiger partial charge in [0.05, 0.1) is 11.0 Å². The van der Waals surface area contributed by atoms with Crippen LogP contribution < -0.4 is 5.32 Å². The molecule has 2 heterocycles. The summed E-state index contributed by atoms with van der Waals surface area (Å²) in [7, 11) is 0. The molecule has 3 rings (SSSR count). The van der Waals surface area contributed by atoms with Gasteiger partial charge in [0.2, 0.25) is 0 Å². The van der Waals surface area contributed by atoms with Crippen LogP contribution in [0.4, 0.5) is 5.82 Å². The summed E-state index contributed by atoms with van der Waals surface area (Å²) in [6.07, 6.45) is 1.79. The monoisotopic (exact) mass is 253 g/mol. The minimum atomic E-state index is 0.742. The highest BCUT2D eigenvalue weighted by molar-refractivity contribution is 5.76. The number of aryl methyl sites for hydroxylation is 1. The number of imidazole rings is 1. The number of nitrogens with zero attached hydrogens (tertiary/aromatic N) is 4. The highest BCUT2D eigenvalue weighted by Crippen LogP contribution is 2.18. The van der Waals surface area contributed by atoms with E-state index in [1.54, 1.807) is 6.33 Å². The zero-order chi connectivity index (χ0) is 13.2. The lowest BCUT2D eigenvalue weighted by molar-refractivity contribution is 0.950. The van der Waals surface area contributed by atoms with Crippen molar-refractivity contribution < 1.29 is 0 Å². The number of aromatic nitrogens is 4. The molecule has 0 fully saturated rings. The third kappa shape index (κ3) is 2.14. The van der Waals surface area contributed by atoms with Crippen molar-refractivity contribution in [3.05, 3.63) is 42.5 Å². The van der Waals surface area contributed by atoms with Crippen LogP contribution in [0.5, 0.6) is 0 Å². The molecule has 1 N–H and O–H groups in total. The van der Waals surface area contributed by atoms with Crippen LogP contribution in [-0.4, -0.2) is 26.1 Å². The molecule has 1 aromatic carbocycles. The normalized spacial score (nSPS) is 10.8. The minimum Gasteiger partial charge on any atom is -0.370 e. The molecule has 0 atom stereocenters. The maximum atomic E-state index is 4.48. The van der Waals surface area contributed by atoms with Crippen LogP contribution in [-0.2, 0) is 0 Å². The number of rotatable bonds is 3. The predicted octanol–water partition coefficient (Wildman–Crippen LogP) is 2.56. The van der Waals surface area contributed by atoms with E-state index in [0.29, 0.717) is 0 Å². The molecular formula is C14H15N5. The van der Waals surface area contributed by atoms with Crippen LogP contribution in [0.15, 0.2) is 36.7 Å². The lowest BCUT2D eigenvalue weighted by atomic mass is 10.3. The Morgan fingerprint density at radius 2 is 2.05 bits per heavy atom. The Labute approximate surface area is 111 Å². The molecule has 19 heavy (non-hydrogen) atoms. The van der Waals surface area contributed by atoms with Gasteiger partial charge in [-0.15, -0.1) is 0 Å². The van der Waals surface area contributed by atoms with E-state index in [2.05, 4.69) is 20.3 Å². The van der Waals surface area contributed by atoms with Crippen LogP contribution in [0, 0.1) is 6.92 Å². The summed E-state index contributed by atoms with van der Waals surface area (Å²) < 4.78 is 1.98. The van der Waals surface area contributed by atoms with Crippen LogP contribution in [0.25, 0.3) is 16.9 Å². The van der Waals surface area contributed by atoms with E-state index in [4.69, 9.17) is 0 Å². The molecule has 0 saturated heterocycles. The number of benzene rings is 1. The van der Waals surface area contributed by atoms with Crippen molar-refractivity contribution in [2.45, 2.75) is 13.8 Å². The van der Waals surface area contributed by atoms with Gasteiger partial charge in [-0.2, -0.15) is 0 Å². The second-order valence-corrected chi connectivity index (χ2v) is 4.29. The Hall–Kier alpha value is -2.43. The van der Waals surface area contributed by atoms with Gasteiger partial charge in [0.1, 0.15) is 23.8 Å². The number of hydrogen-bond donors (Lipinski definition) is 1. The molecule has 96 valence electrons. The second kappa shape index (κ2) is 4.68. The van der Waals surface area contributed by atoms with Gasteiger partial charge >= 0.3 is 0 Å². The molecule has 2 aromatic heterocycles. The maximum absolute atomic E-state index is 4.48. The Balaban J connectivity index is 2.15. The van der Waals surface area contributed by atoms with Crippen LogP contribution in [0.1, 0.15) is 12.7 Å². The lowest BCUT2D eigenvalue weighted by Gasteiger charge is -2.08. The molecular weight excluding hydrogens is 238 g/mol. The standard InChI is InChI=1S/C14H15N5/c1-3-15-13-8-14(18-10(2)17-13)19-9-16-11-6-4-5-7-12(11)19/h4-9H,3H2,1-2H3,(H,15,17,18). The zero-order valence-electron chi connectivity index (χ0n) is 11.0. The maximum Gasteiger partial charge on any atom is 0.144 e. The molecule has 5 nitrogen and oxygen atoms in total. The van der Waals surface area contributed by atoms with Crippen LogP contribution >= 0.6 is 0 Å². The van der Waals surface area contributed by atoms with Crippen molar-refractivity contribution >= 4 is 16.9 Å². The van der Waals surface area contributed by atoms with Crippen molar-refractivity contribution in [3.63, 3.8) is 0 Å². The van der Waals surface area contributed by atoms with Crippen molar-refractivity contribution in [1.82, 2.24) is 19.5 Å². The van der Waals surface area contributed by atoms with Crippen molar-refractivity contribution in [3.8, 4) is 5.82 Å². The van der Waals surface area contributed by atoms with E-state index in [-0.39, 0.29) is 0 Å². The summed E-state index contributed by atoms with van der Waals surface area (Å²) in [5, 5.41) is 3.21. The molecule has 0 saturated carbocycles. The molecule has 0 unspecified atom stereocenters. The van der Waals surface area contributed by atoms with Gasteiger partial charge in [-0.25, -0.2) is 15.0 Å². The van der Waals surface area contributed by atoms with E-state index in [0.717, 1.165) is 35.0 Å². The highest BCUT2D eigenvalue weighted by atomic mass is 15.1. The summed E-state index contributed by atoms with van der Waals surface area (Å²) in [5.74, 6) is 2.41. The third-order valence-electron chi connectivity index (χ3n) is 2.88. The van der Waals surface area contributed by atoms with E-state index in [1.165, 1.54) is 0 Å². The van der Waals surface area contributed by atoms with Gasteiger partial charge in [0, 0.05) is 12.6 Å². The largest absolute Gasteiger partial charge is 0.370 e. The predicted molar refractivity (Wildman–Crippen MR) is 75.6 cm³/mol. The lowest BCUT2D eigenvalue weighted by Crippen LogP contribution is -2.05. The molecule has 0 spiro atoms. The molecule has 0 bridgehead atoms. The van der Waals surface area contributed by atoms with Gasteiger partial charge in [-0.1, -0.05) is 12.1 Å². The van der Waals surface area contributed by atoms with Gasteiger partial charge in [0.15, 0.2) is 0 Å². The fraction of sp³-hybridized carbons (Fsp3) is 0.214. The van der Waals surface area contributed by atoms with Crippen molar-refractivity contribution in [1.29, 1.82) is 0 Å². The van der Waals surface area contributed by atoms with E-state index < -0.39 is 0 Å². The Kier molecular flexibility index (Phi) is 2.87. The first kappa shape index (κ1) is 11.6. The second-order valence-electron chi connectivity index (χ2n) is 4.29. The average molecular weight is 253 g/mol. The molecule has 0 aliphatic heterocycles. The Morgan fingerprint density at radius 3 is 2.89 bits per heavy atom. The molecule has 3 aromatic rings. The summed E-state index contributed by atoms with van der Waals surface area (Å²) in [4.78, 5) is 13.2. The van der Waals surface area contributed by atoms with E-state index in [1.807, 2.05) is 48.7 Å². The number of fused-ring (bicyclic) bond motifs is 1. The molecule has 0 aliphatic carbocycles. The minimum absolute atomic E-state index is 0.742. The quantitative estimate of drug-likeness (QED) is 0.779. The number of nitrogens with one attached hydrogen (secondary N) is 1. The van der Waals surface area contributed by atoms with E-state index in [9.17, 15) is 0 Å². The summed E-state index contributed by atoms with van der Waals surface area (Å²) >= 11 is 0. The molecule has 0 amide bonds. The molecule has 0 radical (unpaired) electrons. The fourth-order valence-electron chi connectivity index (χ4n) is 2.09. The SMILES string of the molecule is CCNc1cc(-n2cnc3ccccc32)nc(C)n1. The van der Waals surface area contributed by atoms with Crippen LogP contribution in [0.3, 0.4) is 0 Å². The number of para-hydroxylation sites is 2. The smallest absolute Gasteiger partial charge is 0.144 e. The molecule has 5 heteroatoms. The topological polar surface area (TPSA) is 55.6 Å². The van der Waals surface area contributed by atoms with Crippen molar-refractivity contribution in [2.24, 2.45) is 0 Å². The summed E-state index contributed by atoms with van der Waals surface area (Å²) in [6.45, 7) is 4.77. The first-order valence-electron chi connectivity index (χ1n) is 6.30. The van der Waals surface area contributed by atoms with Crippen molar-refractivity contribution in [2.75, 3.05) is 11.9 Å². The molecule has 0 aliphatic rings. The Bertz CT molecular complexity index is 717. The third-order valence-corrected chi connectivity index (χ3v) is 2.88. The fourth-order valence-corrected chi connectivity index (χ4v) is 2.09.